The molecule has 5 nitrogen and oxygen atoms in total. The minimum atomic E-state index is -3.33. The number of hydrogen-bond donors (Lipinski definition) is 0. The highest BCUT2D eigenvalue weighted by Crippen LogP contribution is 2.13. The predicted octanol–water partition coefficient (Wildman–Crippen LogP) is 0.997. The second kappa shape index (κ2) is 6.16. The lowest BCUT2D eigenvalue weighted by Gasteiger charge is -2.25. The van der Waals surface area contributed by atoms with Crippen molar-refractivity contribution < 1.29 is 13.2 Å². The number of hydrogen-bond acceptors (Lipinski definition) is 5. The maximum Gasteiger partial charge on any atom is 0.179 e. The Balaban J connectivity index is 1.96. The van der Waals surface area contributed by atoms with E-state index in [1.165, 1.54) is 24.3 Å². The molecule has 0 radical (unpaired) electrons. The fraction of sp³-hybridized carbons (Fsp3) is 0.429. The van der Waals surface area contributed by atoms with Crippen LogP contribution in [0.4, 0.5) is 0 Å². The monoisotopic (exact) mass is 292 g/mol. The number of piperidine rings is 1. The molecule has 0 saturated carbocycles. The van der Waals surface area contributed by atoms with Crippen LogP contribution in [0.1, 0.15) is 18.4 Å². The van der Waals surface area contributed by atoms with E-state index in [4.69, 9.17) is 5.26 Å². The van der Waals surface area contributed by atoms with E-state index < -0.39 is 9.84 Å². The summed E-state index contributed by atoms with van der Waals surface area (Å²) in [6.45, 7) is 1.72. The first kappa shape index (κ1) is 14.7. The number of benzene rings is 1. The number of Topliss-reactive ketones (excluding diaryl/α,β-unsaturated/α-hetero) is 1. The summed E-state index contributed by atoms with van der Waals surface area (Å²) in [4.78, 5) is 13.4. The van der Waals surface area contributed by atoms with Crippen molar-refractivity contribution in [2.45, 2.75) is 17.7 Å². The number of carbonyl (C=O) groups excluding carboxylic acids is 1. The molecule has 0 N–H and O–H groups in total. The summed E-state index contributed by atoms with van der Waals surface area (Å²) in [6, 6.07) is 7.90. The van der Waals surface area contributed by atoms with Crippen molar-refractivity contribution in [3.05, 3.63) is 29.8 Å². The van der Waals surface area contributed by atoms with E-state index in [0.29, 0.717) is 38.0 Å². The van der Waals surface area contributed by atoms with Gasteiger partial charge in [-0.05, 0) is 24.3 Å². The maximum absolute atomic E-state index is 12.2. The first-order valence-electron chi connectivity index (χ1n) is 6.48. The van der Waals surface area contributed by atoms with E-state index in [1.54, 1.807) is 0 Å². The van der Waals surface area contributed by atoms with E-state index in [2.05, 4.69) is 0 Å². The second-order valence-corrected chi connectivity index (χ2v) is 6.94. The quantitative estimate of drug-likeness (QED) is 0.827. The molecule has 0 atom stereocenters. The Morgan fingerprint density at radius 1 is 1.15 bits per heavy atom. The van der Waals surface area contributed by atoms with Crippen LogP contribution in [0.5, 0.6) is 0 Å². The third kappa shape index (κ3) is 3.65. The molecule has 1 aromatic carbocycles. The van der Waals surface area contributed by atoms with Crippen LogP contribution in [-0.2, 0) is 14.6 Å². The Labute approximate surface area is 118 Å². The van der Waals surface area contributed by atoms with Crippen LogP contribution in [-0.4, -0.2) is 44.5 Å². The summed E-state index contributed by atoms with van der Waals surface area (Å²) in [5.74, 6) is 0.281. The van der Waals surface area contributed by atoms with Gasteiger partial charge in [0.25, 0.3) is 0 Å². The molecule has 0 aliphatic carbocycles. The molecule has 1 aliphatic rings. The molecule has 0 aromatic heterocycles. The zero-order valence-electron chi connectivity index (χ0n) is 11.1. The number of rotatable bonds is 4. The molecule has 1 heterocycles. The summed E-state index contributed by atoms with van der Waals surface area (Å²) in [5.41, 5.74) is 0.443. The Bertz CT molecular complexity index is 619. The molecule has 0 amide bonds. The number of carbonyl (C=O) groups is 1. The van der Waals surface area contributed by atoms with Gasteiger partial charge in [0, 0.05) is 32.5 Å². The zero-order valence-corrected chi connectivity index (χ0v) is 11.9. The Morgan fingerprint density at radius 2 is 1.75 bits per heavy atom. The van der Waals surface area contributed by atoms with E-state index in [-0.39, 0.29) is 16.4 Å². The van der Waals surface area contributed by atoms with Crippen molar-refractivity contribution in [1.29, 1.82) is 5.26 Å². The average molecular weight is 292 g/mol. The fourth-order valence-corrected chi connectivity index (χ4v) is 3.41. The Morgan fingerprint density at radius 3 is 2.30 bits per heavy atom. The minimum Gasteiger partial charge on any atom is -0.301 e. The lowest BCUT2D eigenvalue weighted by atomic mass is 10.1. The highest BCUT2D eigenvalue weighted by atomic mass is 32.2. The second-order valence-electron chi connectivity index (χ2n) is 4.84. The van der Waals surface area contributed by atoms with Crippen LogP contribution in [0.15, 0.2) is 29.2 Å². The van der Waals surface area contributed by atoms with Crippen molar-refractivity contribution in [2.24, 2.45) is 0 Å². The van der Waals surface area contributed by atoms with Crippen molar-refractivity contribution in [3.8, 4) is 6.07 Å². The van der Waals surface area contributed by atoms with Crippen LogP contribution in [0.2, 0.25) is 0 Å². The van der Waals surface area contributed by atoms with E-state index in [1.807, 2.05) is 11.0 Å². The highest BCUT2D eigenvalue weighted by Gasteiger charge is 2.20. The van der Waals surface area contributed by atoms with Gasteiger partial charge in [0.15, 0.2) is 9.84 Å². The van der Waals surface area contributed by atoms with Gasteiger partial charge in [-0.2, -0.15) is 5.26 Å². The lowest BCUT2D eigenvalue weighted by molar-refractivity contribution is -0.121. The number of ketones is 1. The molecule has 1 aliphatic heterocycles. The first-order chi connectivity index (χ1) is 9.51. The largest absolute Gasteiger partial charge is 0.301 e. The number of likely N-dealkylation sites (tertiary alicyclic amines) is 1. The Hall–Kier alpha value is -1.71. The van der Waals surface area contributed by atoms with Crippen LogP contribution in [0.25, 0.3) is 0 Å². The van der Waals surface area contributed by atoms with Gasteiger partial charge < -0.3 is 4.90 Å². The van der Waals surface area contributed by atoms with E-state index in [9.17, 15) is 13.2 Å². The third-order valence-electron chi connectivity index (χ3n) is 3.43. The molecule has 1 aromatic rings. The molecule has 106 valence electrons. The van der Waals surface area contributed by atoms with Gasteiger partial charge in [-0.1, -0.05) is 0 Å². The van der Waals surface area contributed by atoms with Gasteiger partial charge in [0.05, 0.1) is 22.3 Å². The molecule has 2 rings (SSSR count). The molecule has 1 saturated heterocycles. The SMILES string of the molecule is N#Cc1ccc(S(=O)(=O)CCN2CCC(=O)CC2)cc1. The fourth-order valence-electron chi connectivity index (χ4n) is 2.13. The van der Waals surface area contributed by atoms with Gasteiger partial charge in [0.2, 0.25) is 0 Å². The van der Waals surface area contributed by atoms with Gasteiger partial charge in [-0.3, -0.25) is 4.79 Å². The van der Waals surface area contributed by atoms with Crippen molar-refractivity contribution >= 4 is 15.6 Å². The summed E-state index contributed by atoms with van der Waals surface area (Å²) in [7, 11) is -3.33. The van der Waals surface area contributed by atoms with Gasteiger partial charge in [-0.15, -0.1) is 0 Å². The topological polar surface area (TPSA) is 78.2 Å². The first-order valence-corrected chi connectivity index (χ1v) is 8.13. The molecule has 1 fully saturated rings. The standard InChI is InChI=1S/C14H16N2O3S/c15-11-12-1-3-14(4-2-12)20(18,19)10-9-16-7-5-13(17)6-8-16/h1-4H,5-10H2. The average Bonchev–Trinajstić information content (AvgIpc) is 2.47. The van der Waals surface area contributed by atoms with Gasteiger partial charge in [-0.25, -0.2) is 8.42 Å². The van der Waals surface area contributed by atoms with Crippen LogP contribution < -0.4 is 0 Å². The molecular weight excluding hydrogens is 276 g/mol. The van der Waals surface area contributed by atoms with Crippen molar-refractivity contribution in [3.63, 3.8) is 0 Å². The molecular formula is C14H16N2O3S. The highest BCUT2D eigenvalue weighted by molar-refractivity contribution is 7.91. The summed E-state index contributed by atoms with van der Waals surface area (Å²) >= 11 is 0. The zero-order chi connectivity index (χ0) is 14.6. The van der Waals surface area contributed by atoms with Crippen LogP contribution >= 0.6 is 0 Å². The summed E-state index contributed by atoms with van der Waals surface area (Å²) in [5, 5.41) is 8.69. The van der Waals surface area contributed by atoms with Crippen LogP contribution in [0.3, 0.4) is 0 Å². The van der Waals surface area contributed by atoms with Crippen molar-refractivity contribution in [2.75, 3.05) is 25.4 Å². The number of nitrogens with zero attached hydrogens (tertiary/aromatic N) is 2. The molecule has 0 bridgehead atoms. The molecule has 6 heteroatoms. The smallest absolute Gasteiger partial charge is 0.179 e. The van der Waals surface area contributed by atoms with Crippen molar-refractivity contribution in [1.82, 2.24) is 4.90 Å². The predicted molar refractivity (Wildman–Crippen MR) is 73.9 cm³/mol. The Kier molecular flexibility index (Phi) is 4.53. The van der Waals surface area contributed by atoms with E-state index in [0.717, 1.165) is 0 Å². The number of nitriles is 1. The lowest BCUT2D eigenvalue weighted by Crippen LogP contribution is -2.37. The maximum atomic E-state index is 12.2. The summed E-state index contributed by atoms with van der Waals surface area (Å²) < 4.78 is 24.3. The normalized spacial score (nSPS) is 16.9. The van der Waals surface area contributed by atoms with E-state index >= 15 is 0 Å². The molecule has 20 heavy (non-hydrogen) atoms. The third-order valence-corrected chi connectivity index (χ3v) is 5.14. The van der Waals surface area contributed by atoms with Gasteiger partial charge in [0.1, 0.15) is 5.78 Å². The minimum absolute atomic E-state index is 0.0348. The molecule has 0 spiro atoms. The summed E-state index contributed by atoms with van der Waals surface area (Å²) in [6.07, 6.45) is 1.02. The number of sulfone groups is 1. The van der Waals surface area contributed by atoms with Crippen LogP contribution in [0, 0.1) is 11.3 Å². The van der Waals surface area contributed by atoms with Gasteiger partial charge >= 0.3 is 0 Å². The molecule has 0 unspecified atom stereocenters.